The summed E-state index contributed by atoms with van der Waals surface area (Å²) in [5.74, 6) is 0.559. The highest BCUT2D eigenvalue weighted by atomic mass is 32.2. The third-order valence-corrected chi connectivity index (χ3v) is 5.78. The molecule has 2 aromatic carbocycles. The van der Waals surface area contributed by atoms with Gasteiger partial charge in [0.05, 0.1) is 4.90 Å². The molecule has 0 radical (unpaired) electrons. The lowest BCUT2D eigenvalue weighted by Gasteiger charge is -2.18. The Bertz CT molecular complexity index is 1130. The minimum Gasteiger partial charge on any atom is -0.481 e. The highest BCUT2D eigenvalue weighted by Gasteiger charge is 2.19. The lowest BCUT2D eigenvalue weighted by molar-refractivity contribution is -0.122. The average molecular weight is 441 g/mol. The number of amides is 1. The molecule has 2 N–H and O–H groups in total. The van der Waals surface area contributed by atoms with Crippen LogP contribution in [0.2, 0.25) is 0 Å². The van der Waals surface area contributed by atoms with Crippen LogP contribution in [-0.4, -0.2) is 30.4 Å². The maximum absolute atomic E-state index is 12.5. The number of ether oxygens (including phenoxy) is 1. The van der Waals surface area contributed by atoms with Crippen molar-refractivity contribution in [3.63, 3.8) is 0 Å². The molecule has 9 heteroatoms. The fraction of sp³-hybridized carbons (Fsp3) is 0.227. The van der Waals surface area contributed by atoms with Crippen molar-refractivity contribution in [2.75, 3.05) is 10.0 Å². The van der Waals surface area contributed by atoms with Crippen molar-refractivity contribution in [2.24, 2.45) is 0 Å². The van der Waals surface area contributed by atoms with E-state index in [1.807, 2.05) is 24.3 Å². The van der Waals surface area contributed by atoms with Gasteiger partial charge in [-0.1, -0.05) is 32.0 Å². The summed E-state index contributed by atoms with van der Waals surface area (Å²) in [6.07, 6.45) is 2.14. The third kappa shape index (κ3) is 5.79. The number of rotatable bonds is 8. The monoisotopic (exact) mass is 440 g/mol. The Kier molecular flexibility index (Phi) is 6.86. The molecule has 0 unspecified atom stereocenters. The standard InChI is InChI=1S/C22H24N4O4S/c1-15(2)19-7-4-5-8-20(19)30-16(3)21(27)25-17-9-11-18(12-10-17)31(28,29)26-22-23-13-6-14-24-22/h4-16H,1-3H3,(H,25,27)(H,23,24,26)/t16-/m1/s1. The molecule has 0 spiro atoms. The Labute approximate surface area is 181 Å². The van der Waals surface area contributed by atoms with Crippen LogP contribution in [-0.2, 0) is 14.8 Å². The van der Waals surface area contributed by atoms with Crippen LogP contribution in [0.1, 0.15) is 32.3 Å². The van der Waals surface area contributed by atoms with Crippen molar-refractivity contribution in [3.8, 4) is 5.75 Å². The Morgan fingerprint density at radius 3 is 2.23 bits per heavy atom. The molecule has 0 saturated carbocycles. The number of benzene rings is 2. The maximum atomic E-state index is 12.5. The van der Waals surface area contributed by atoms with Crippen molar-refractivity contribution in [1.29, 1.82) is 0 Å². The normalized spacial score (nSPS) is 12.3. The molecule has 0 fully saturated rings. The maximum Gasteiger partial charge on any atom is 0.265 e. The first-order valence-corrected chi connectivity index (χ1v) is 11.2. The molecule has 31 heavy (non-hydrogen) atoms. The van der Waals surface area contributed by atoms with E-state index in [2.05, 4.69) is 33.9 Å². The average Bonchev–Trinajstić information content (AvgIpc) is 2.74. The van der Waals surface area contributed by atoms with Crippen molar-refractivity contribution < 1.29 is 17.9 Å². The first-order chi connectivity index (χ1) is 14.8. The molecule has 3 rings (SSSR count). The number of carbonyl (C=O) groups is 1. The Balaban J connectivity index is 1.65. The SMILES string of the molecule is CC(C)c1ccccc1O[C@H](C)C(=O)Nc1ccc(S(=O)(=O)Nc2ncccn2)cc1. The van der Waals surface area contributed by atoms with E-state index in [4.69, 9.17) is 4.74 Å². The summed E-state index contributed by atoms with van der Waals surface area (Å²) >= 11 is 0. The first-order valence-electron chi connectivity index (χ1n) is 9.72. The third-order valence-electron chi connectivity index (χ3n) is 4.44. The van der Waals surface area contributed by atoms with Crippen molar-refractivity contribution in [1.82, 2.24) is 9.97 Å². The number of nitrogens with zero attached hydrogens (tertiary/aromatic N) is 2. The lowest BCUT2D eigenvalue weighted by atomic mass is 10.0. The summed E-state index contributed by atoms with van der Waals surface area (Å²) in [4.78, 5) is 20.2. The highest BCUT2D eigenvalue weighted by Crippen LogP contribution is 2.27. The van der Waals surface area contributed by atoms with Gasteiger partial charge in [0, 0.05) is 18.1 Å². The summed E-state index contributed by atoms with van der Waals surface area (Å²) in [5, 5.41) is 2.74. The van der Waals surface area contributed by atoms with E-state index in [1.165, 1.54) is 36.7 Å². The van der Waals surface area contributed by atoms with Crippen molar-refractivity contribution >= 4 is 27.6 Å². The van der Waals surface area contributed by atoms with Gasteiger partial charge < -0.3 is 10.1 Å². The zero-order valence-electron chi connectivity index (χ0n) is 17.4. The fourth-order valence-corrected chi connectivity index (χ4v) is 3.76. The molecule has 1 aromatic heterocycles. The zero-order chi connectivity index (χ0) is 22.4. The van der Waals surface area contributed by atoms with Crippen LogP contribution in [0.3, 0.4) is 0 Å². The molecule has 0 aliphatic carbocycles. The second-order valence-corrected chi connectivity index (χ2v) is 8.83. The number of sulfonamides is 1. The van der Waals surface area contributed by atoms with Crippen LogP contribution in [0.25, 0.3) is 0 Å². The Morgan fingerprint density at radius 2 is 1.58 bits per heavy atom. The summed E-state index contributed by atoms with van der Waals surface area (Å²) in [5.41, 5.74) is 1.47. The smallest absolute Gasteiger partial charge is 0.265 e. The Morgan fingerprint density at radius 1 is 0.935 bits per heavy atom. The van der Waals surface area contributed by atoms with Gasteiger partial charge in [-0.25, -0.2) is 23.1 Å². The predicted molar refractivity (Wildman–Crippen MR) is 119 cm³/mol. The van der Waals surface area contributed by atoms with Gasteiger partial charge in [0.15, 0.2) is 6.10 Å². The first kappa shape index (κ1) is 22.2. The zero-order valence-corrected chi connectivity index (χ0v) is 18.3. The minimum atomic E-state index is -3.84. The molecular formula is C22H24N4O4S. The van der Waals surface area contributed by atoms with E-state index in [-0.39, 0.29) is 22.7 Å². The fourth-order valence-electron chi connectivity index (χ4n) is 2.80. The van der Waals surface area contributed by atoms with Gasteiger partial charge in [-0.3, -0.25) is 4.79 Å². The highest BCUT2D eigenvalue weighted by molar-refractivity contribution is 7.92. The Hall–Kier alpha value is -3.46. The van der Waals surface area contributed by atoms with Crippen molar-refractivity contribution in [2.45, 2.75) is 37.7 Å². The molecule has 0 bridgehead atoms. The number of carbonyl (C=O) groups excluding carboxylic acids is 1. The second kappa shape index (κ2) is 9.57. The van der Waals surface area contributed by atoms with E-state index >= 15 is 0 Å². The van der Waals surface area contributed by atoms with Crippen LogP contribution in [0.15, 0.2) is 71.9 Å². The van der Waals surface area contributed by atoms with Crippen LogP contribution in [0, 0.1) is 0 Å². The number of anilines is 2. The number of aromatic nitrogens is 2. The second-order valence-electron chi connectivity index (χ2n) is 7.14. The number of nitrogens with one attached hydrogen (secondary N) is 2. The predicted octanol–water partition coefficient (Wildman–Crippen LogP) is 3.81. The molecule has 3 aromatic rings. The van der Waals surface area contributed by atoms with Gasteiger partial charge >= 0.3 is 0 Å². The van der Waals surface area contributed by atoms with Crippen LogP contribution < -0.4 is 14.8 Å². The molecule has 1 atom stereocenters. The van der Waals surface area contributed by atoms with E-state index in [1.54, 1.807) is 13.0 Å². The van der Waals surface area contributed by atoms with Gasteiger partial charge in [-0.15, -0.1) is 0 Å². The molecule has 8 nitrogen and oxygen atoms in total. The molecule has 1 amide bonds. The van der Waals surface area contributed by atoms with Gasteiger partial charge in [-0.05, 0) is 54.8 Å². The summed E-state index contributed by atoms with van der Waals surface area (Å²) in [6.45, 7) is 5.78. The minimum absolute atomic E-state index is 0.0208. The molecule has 0 aliphatic heterocycles. The number of para-hydroxylation sites is 1. The van der Waals surface area contributed by atoms with E-state index < -0.39 is 16.1 Å². The van der Waals surface area contributed by atoms with Crippen LogP contribution in [0.5, 0.6) is 5.75 Å². The molecule has 1 heterocycles. The number of hydrogen-bond donors (Lipinski definition) is 2. The lowest BCUT2D eigenvalue weighted by Crippen LogP contribution is -2.30. The summed E-state index contributed by atoms with van der Waals surface area (Å²) < 4.78 is 33.0. The largest absolute Gasteiger partial charge is 0.481 e. The molecule has 0 saturated heterocycles. The van der Waals surface area contributed by atoms with Crippen LogP contribution in [0.4, 0.5) is 11.6 Å². The molecular weight excluding hydrogens is 416 g/mol. The van der Waals surface area contributed by atoms with Crippen molar-refractivity contribution in [3.05, 3.63) is 72.6 Å². The van der Waals surface area contributed by atoms with Gasteiger partial charge in [0.1, 0.15) is 5.75 Å². The topological polar surface area (TPSA) is 110 Å². The quantitative estimate of drug-likeness (QED) is 0.551. The van der Waals surface area contributed by atoms with Gasteiger partial charge in [0.2, 0.25) is 5.95 Å². The van der Waals surface area contributed by atoms with Gasteiger partial charge in [0.25, 0.3) is 15.9 Å². The van der Waals surface area contributed by atoms with E-state index in [9.17, 15) is 13.2 Å². The van der Waals surface area contributed by atoms with Crippen LogP contribution >= 0.6 is 0 Å². The van der Waals surface area contributed by atoms with E-state index in [0.717, 1.165) is 5.56 Å². The number of hydrogen-bond acceptors (Lipinski definition) is 6. The van der Waals surface area contributed by atoms with Gasteiger partial charge in [-0.2, -0.15) is 0 Å². The molecule has 0 aliphatic rings. The summed E-state index contributed by atoms with van der Waals surface area (Å²) in [7, 11) is -3.84. The van der Waals surface area contributed by atoms with E-state index in [0.29, 0.717) is 11.4 Å². The molecule has 162 valence electrons. The summed E-state index contributed by atoms with van der Waals surface area (Å²) in [6, 6.07) is 15.0.